The first-order chi connectivity index (χ1) is 8.24. The fourth-order valence-corrected chi connectivity index (χ4v) is 2.40. The van der Waals surface area contributed by atoms with Gasteiger partial charge in [0.2, 0.25) is 0 Å². The number of nitrogens with two attached hydrogens (primary N) is 1. The zero-order valence-corrected chi connectivity index (χ0v) is 11.8. The predicted molar refractivity (Wildman–Crippen MR) is 70.1 cm³/mol. The fraction of sp³-hybridized carbons (Fsp3) is 0.923. The van der Waals surface area contributed by atoms with E-state index in [4.69, 9.17) is 10.5 Å². The van der Waals surface area contributed by atoms with Crippen LogP contribution in [0, 0.1) is 11.8 Å². The van der Waals surface area contributed by atoms with Crippen molar-refractivity contribution < 1.29 is 14.6 Å². The topological polar surface area (TPSA) is 75.8 Å². The third kappa shape index (κ3) is 4.14. The number of carbonyl (C=O) groups excluding carboxylic acids is 1. The van der Waals surface area contributed by atoms with Crippen molar-refractivity contribution in [3.63, 3.8) is 0 Å². The number of hydrogen-bond donors (Lipinski definition) is 2. The summed E-state index contributed by atoms with van der Waals surface area (Å²) < 4.78 is 5.35. The molecule has 0 spiro atoms. The minimum Gasteiger partial charge on any atom is -0.444 e. The van der Waals surface area contributed by atoms with Gasteiger partial charge >= 0.3 is 6.09 Å². The van der Waals surface area contributed by atoms with E-state index in [-0.39, 0.29) is 24.5 Å². The first kappa shape index (κ1) is 15.2. The third-order valence-corrected chi connectivity index (χ3v) is 3.36. The van der Waals surface area contributed by atoms with Gasteiger partial charge in [-0.2, -0.15) is 0 Å². The maximum atomic E-state index is 11.9. The monoisotopic (exact) mass is 258 g/mol. The Balaban J connectivity index is 2.53. The number of amides is 1. The Morgan fingerprint density at radius 2 is 2.17 bits per heavy atom. The maximum Gasteiger partial charge on any atom is 0.410 e. The van der Waals surface area contributed by atoms with E-state index in [0.717, 1.165) is 6.42 Å². The summed E-state index contributed by atoms with van der Waals surface area (Å²) in [5, 5.41) is 9.80. The highest BCUT2D eigenvalue weighted by molar-refractivity contribution is 5.68. The van der Waals surface area contributed by atoms with Crippen LogP contribution in [-0.2, 0) is 4.74 Å². The molecule has 0 radical (unpaired) electrons. The number of likely N-dealkylation sites (tertiary alicyclic amines) is 1. The van der Waals surface area contributed by atoms with Crippen LogP contribution in [0.25, 0.3) is 0 Å². The lowest BCUT2D eigenvalue weighted by atomic mass is 9.83. The number of nitrogens with zero attached hydrogens (tertiary/aromatic N) is 1. The number of hydrogen-bond acceptors (Lipinski definition) is 4. The molecule has 106 valence electrons. The predicted octanol–water partition coefficient (Wildman–Crippen LogP) is 1.20. The summed E-state index contributed by atoms with van der Waals surface area (Å²) in [7, 11) is 0. The van der Waals surface area contributed by atoms with E-state index in [9.17, 15) is 9.90 Å². The summed E-state index contributed by atoms with van der Waals surface area (Å²) in [5.74, 6) is 0.415. The lowest BCUT2D eigenvalue weighted by molar-refractivity contribution is -0.00559. The molecule has 5 nitrogen and oxygen atoms in total. The Morgan fingerprint density at radius 1 is 1.56 bits per heavy atom. The minimum absolute atomic E-state index is 0.175. The average molecular weight is 258 g/mol. The van der Waals surface area contributed by atoms with Crippen molar-refractivity contribution in [3.8, 4) is 0 Å². The Morgan fingerprint density at radius 3 is 2.61 bits per heavy atom. The van der Waals surface area contributed by atoms with Crippen LogP contribution >= 0.6 is 0 Å². The SMILES string of the molecule is CC1CN(C(=O)OC(C)(C)C)CCC1C(O)CN. The zero-order valence-electron chi connectivity index (χ0n) is 11.8. The molecule has 1 aliphatic heterocycles. The van der Waals surface area contributed by atoms with Crippen molar-refractivity contribution in [2.45, 2.75) is 45.8 Å². The minimum atomic E-state index is -0.471. The summed E-state index contributed by atoms with van der Waals surface area (Å²) in [5.41, 5.74) is 5.02. The molecule has 3 N–H and O–H groups in total. The molecule has 0 saturated carbocycles. The highest BCUT2D eigenvalue weighted by Gasteiger charge is 2.34. The molecule has 3 atom stereocenters. The quantitative estimate of drug-likeness (QED) is 0.780. The van der Waals surface area contributed by atoms with E-state index < -0.39 is 11.7 Å². The highest BCUT2D eigenvalue weighted by atomic mass is 16.6. The molecular weight excluding hydrogens is 232 g/mol. The van der Waals surface area contributed by atoms with Crippen LogP contribution in [0.15, 0.2) is 0 Å². The van der Waals surface area contributed by atoms with Crippen molar-refractivity contribution in [1.29, 1.82) is 0 Å². The Labute approximate surface area is 109 Å². The second kappa shape index (κ2) is 5.89. The van der Waals surface area contributed by atoms with Gasteiger partial charge in [0.1, 0.15) is 5.60 Å². The number of aliphatic hydroxyl groups is 1. The van der Waals surface area contributed by atoms with Gasteiger partial charge in [-0.1, -0.05) is 6.92 Å². The molecule has 0 aromatic rings. The number of carbonyl (C=O) groups is 1. The first-order valence-corrected chi connectivity index (χ1v) is 6.60. The standard InChI is InChI=1S/C13H26N2O3/c1-9-8-15(12(17)18-13(2,3)4)6-5-10(9)11(16)7-14/h9-11,16H,5-8,14H2,1-4H3. The largest absolute Gasteiger partial charge is 0.444 e. The van der Waals surface area contributed by atoms with Gasteiger partial charge in [0, 0.05) is 19.6 Å². The molecule has 3 unspecified atom stereocenters. The number of piperidine rings is 1. The van der Waals surface area contributed by atoms with Crippen molar-refractivity contribution in [3.05, 3.63) is 0 Å². The second-order valence-electron chi connectivity index (χ2n) is 6.16. The van der Waals surface area contributed by atoms with E-state index >= 15 is 0 Å². The van der Waals surface area contributed by atoms with E-state index in [2.05, 4.69) is 0 Å². The summed E-state index contributed by atoms with van der Waals surface area (Å²) in [4.78, 5) is 13.6. The smallest absolute Gasteiger partial charge is 0.410 e. The van der Waals surface area contributed by atoms with E-state index in [0.29, 0.717) is 13.1 Å². The van der Waals surface area contributed by atoms with Crippen LogP contribution in [-0.4, -0.2) is 47.4 Å². The zero-order chi connectivity index (χ0) is 13.9. The molecular formula is C13H26N2O3. The Kier molecular flexibility index (Phi) is 4.99. The molecule has 0 aromatic heterocycles. The molecule has 0 bridgehead atoms. The average Bonchev–Trinajstić information content (AvgIpc) is 2.25. The molecule has 5 heteroatoms. The van der Waals surface area contributed by atoms with Crippen LogP contribution < -0.4 is 5.73 Å². The highest BCUT2D eigenvalue weighted by Crippen LogP contribution is 2.27. The number of rotatable bonds is 2. The Bertz CT molecular complexity index is 288. The molecule has 1 fully saturated rings. The van der Waals surface area contributed by atoms with Gasteiger partial charge in [0.25, 0.3) is 0 Å². The van der Waals surface area contributed by atoms with Crippen LogP contribution in [0.2, 0.25) is 0 Å². The van der Waals surface area contributed by atoms with Gasteiger partial charge in [0.05, 0.1) is 6.10 Å². The third-order valence-electron chi connectivity index (χ3n) is 3.36. The van der Waals surface area contributed by atoms with Crippen molar-refractivity contribution in [1.82, 2.24) is 4.90 Å². The summed E-state index contributed by atoms with van der Waals surface area (Å²) >= 11 is 0. The van der Waals surface area contributed by atoms with E-state index in [1.807, 2.05) is 27.7 Å². The van der Waals surface area contributed by atoms with E-state index in [1.54, 1.807) is 4.90 Å². The molecule has 1 heterocycles. The van der Waals surface area contributed by atoms with Crippen LogP contribution in [0.5, 0.6) is 0 Å². The number of aliphatic hydroxyl groups excluding tert-OH is 1. The van der Waals surface area contributed by atoms with Gasteiger partial charge in [-0.15, -0.1) is 0 Å². The number of ether oxygens (including phenoxy) is 1. The van der Waals surface area contributed by atoms with Gasteiger partial charge in [-0.3, -0.25) is 0 Å². The fourth-order valence-electron chi connectivity index (χ4n) is 2.40. The van der Waals surface area contributed by atoms with Crippen molar-refractivity contribution in [2.75, 3.05) is 19.6 Å². The molecule has 1 saturated heterocycles. The van der Waals surface area contributed by atoms with Crippen molar-refractivity contribution >= 4 is 6.09 Å². The molecule has 1 aliphatic rings. The van der Waals surface area contributed by atoms with E-state index in [1.165, 1.54) is 0 Å². The van der Waals surface area contributed by atoms with Crippen LogP contribution in [0.1, 0.15) is 34.1 Å². The van der Waals surface area contributed by atoms with Gasteiger partial charge in [0.15, 0.2) is 0 Å². The summed E-state index contributed by atoms with van der Waals surface area (Å²) in [6.07, 6.45) is 0.0366. The summed E-state index contributed by atoms with van der Waals surface area (Å²) in [6.45, 7) is 9.15. The first-order valence-electron chi connectivity index (χ1n) is 6.60. The van der Waals surface area contributed by atoms with Crippen molar-refractivity contribution in [2.24, 2.45) is 17.6 Å². The molecule has 0 aliphatic carbocycles. The lowest BCUT2D eigenvalue weighted by Gasteiger charge is -2.39. The maximum absolute atomic E-state index is 11.9. The molecule has 1 amide bonds. The Hall–Kier alpha value is -0.810. The van der Waals surface area contributed by atoms with Gasteiger partial charge in [-0.05, 0) is 39.0 Å². The second-order valence-corrected chi connectivity index (χ2v) is 6.16. The molecule has 1 rings (SSSR count). The van der Waals surface area contributed by atoms with Gasteiger partial charge in [-0.25, -0.2) is 4.79 Å². The van der Waals surface area contributed by atoms with Crippen LogP contribution in [0.4, 0.5) is 4.79 Å². The lowest BCUT2D eigenvalue weighted by Crippen LogP contribution is -2.48. The van der Waals surface area contributed by atoms with Gasteiger partial charge < -0.3 is 20.5 Å². The molecule has 18 heavy (non-hydrogen) atoms. The molecule has 0 aromatic carbocycles. The van der Waals surface area contributed by atoms with Crippen LogP contribution in [0.3, 0.4) is 0 Å². The normalized spacial score (nSPS) is 26.9. The summed E-state index contributed by atoms with van der Waals surface area (Å²) in [6, 6.07) is 0.